The summed E-state index contributed by atoms with van der Waals surface area (Å²) in [5.41, 5.74) is 3.61. The first-order valence-corrected chi connectivity index (χ1v) is 5.59. The molecule has 0 spiro atoms. The van der Waals surface area contributed by atoms with Crippen LogP contribution < -0.4 is 5.32 Å². The first kappa shape index (κ1) is 11.3. The summed E-state index contributed by atoms with van der Waals surface area (Å²) >= 11 is 3.53. The first-order chi connectivity index (χ1) is 6.63. The Labute approximate surface area is 94.3 Å². The van der Waals surface area contributed by atoms with Gasteiger partial charge in [0.05, 0.1) is 0 Å². The summed E-state index contributed by atoms with van der Waals surface area (Å²) in [6.45, 7) is 9.01. The highest BCUT2D eigenvalue weighted by Crippen LogP contribution is 2.23. The molecule has 0 heterocycles. The third-order valence-electron chi connectivity index (χ3n) is 2.15. The van der Waals surface area contributed by atoms with Crippen molar-refractivity contribution < 1.29 is 0 Å². The number of halogens is 1. The predicted octanol–water partition coefficient (Wildman–Crippen LogP) is 4.14. The molecule has 0 bridgehead atoms. The highest BCUT2D eigenvalue weighted by atomic mass is 79.9. The van der Waals surface area contributed by atoms with Crippen molar-refractivity contribution >= 4 is 21.6 Å². The van der Waals surface area contributed by atoms with Gasteiger partial charge < -0.3 is 5.32 Å². The Morgan fingerprint density at radius 2 is 2.21 bits per heavy atom. The quantitative estimate of drug-likeness (QED) is 0.796. The average molecular weight is 254 g/mol. The standard InChI is InChI=1S/C12H16BrN/c1-4-9(2)8-14-12-6-5-10(3)7-11(12)13/h5-7,14H,2,4,8H2,1,3H3. The number of nitrogens with one attached hydrogen (secondary N) is 1. The molecule has 0 aliphatic heterocycles. The summed E-state index contributed by atoms with van der Waals surface area (Å²) in [4.78, 5) is 0. The fourth-order valence-electron chi connectivity index (χ4n) is 1.11. The van der Waals surface area contributed by atoms with Crippen LogP contribution in [0, 0.1) is 6.92 Å². The third kappa shape index (κ3) is 3.18. The van der Waals surface area contributed by atoms with Crippen LogP contribution >= 0.6 is 15.9 Å². The number of hydrogen-bond donors (Lipinski definition) is 1. The molecular formula is C12H16BrN. The van der Waals surface area contributed by atoms with Crippen molar-refractivity contribution in [1.29, 1.82) is 0 Å². The van der Waals surface area contributed by atoms with Gasteiger partial charge in [0.2, 0.25) is 0 Å². The molecule has 1 nitrogen and oxygen atoms in total. The van der Waals surface area contributed by atoms with Crippen molar-refractivity contribution in [2.24, 2.45) is 0 Å². The zero-order valence-corrected chi connectivity index (χ0v) is 10.3. The molecule has 14 heavy (non-hydrogen) atoms. The van der Waals surface area contributed by atoms with E-state index in [0.717, 1.165) is 23.1 Å². The van der Waals surface area contributed by atoms with Crippen LogP contribution in [-0.4, -0.2) is 6.54 Å². The molecule has 0 aliphatic carbocycles. The van der Waals surface area contributed by atoms with E-state index in [0.29, 0.717) is 0 Å². The normalized spacial score (nSPS) is 9.93. The summed E-state index contributed by atoms with van der Waals surface area (Å²) in [5, 5.41) is 3.34. The maximum absolute atomic E-state index is 3.96. The Bertz CT molecular complexity index is 331. The van der Waals surface area contributed by atoms with Crippen LogP contribution in [0.15, 0.2) is 34.8 Å². The van der Waals surface area contributed by atoms with Gasteiger partial charge in [0, 0.05) is 16.7 Å². The molecule has 1 rings (SSSR count). The minimum Gasteiger partial charge on any atom is -0.380 e. The van der Waals surface area contributed by atoms with E-state index < -0.39 is 0 Å². The van der Waals surface area contributed by atoms with Crippen molar-refractivity contribution in [3.63, 3.8) is 0 Å². The molecule has 0 fully saturated rings. The summed E-state index contributed by atoms with van der Waals surface area (Å²) in [7, 11) is 0. The number of benzene rings is 1. The maximum atomic E-state index is 3.96. The largest absolute Gasteiger partial charge is 0.380 e. The summed E-state index contributed by atoms with van der Waals surface area (Å²) < 4.78 is 1.11. The molecule has 0 saturated heterocycles. The maximum Gasteiger partial charge on any atom is 0.0487 e. The lowest BCUT2D eigenvalue weighted by Gasteiger charge is -2.09. The van der Waals surface area contributed by atoms with Gasteiger partial charge in [-0.15, -0.1) is 0 Å². The minimum atomic E-state index is 0.845. The van der Waals surface area contributed by atoms with Crippen LogP contribution in [-0.2, 0) is 0 Å². The number of rotatable bonds is 4. The second-order valence-electron chi connectivity index (χ2n) is 3.44. The topological polar surface area (TPSA) is 12.0 Å². The van der Waals surface area contributed by atoms with Crippen LogP contribution in [0.1, 0.15) is 18.9 Å². The molecule has 0 unspecified atom stereocenters. The highest BCUT2D eigenvalue weighted by Gasteiger charge is 1.99. The smallest absolute Gasteiger partial charge is 0.0487 e. The average Bonchev–Trinajstić information content (AvgIpc) is 2.16. The SMILES string of the molecule is C=C(CC)CNc1ccc(C)cc1Br. The van der Waals surface area contributed by atoms with Gasteiger partial charge in [-0.3, -0.25) is 0 Å². The highest BCUT2D eigenvalue weighted by molar-refractivity contribution is 9.10. The number of aryl methyl sites for hydroxylation is 1. The molecule has 0 saturated carbocycles. The molecule has 1 aromatic rings. The fraction of sp³-hybridized carbons (Fsp3) is 0.333. The van der Waals surface area contributed by atoms with Crippen LogP contribution in [0.25, 0.3) is 0 Å². The van der Waals surface area contributed by atoms with Gasteiger partial charge in [-0.1, -0.05) is 25.1 Å². The summed E-state index contributed by atoms with van der Waals surface area (Å²) in [6.07, 6.45) is 1.02. The van der Waals surface area contributed by atoms with Crippen molar-refractivity contribution in [2.75, 3.05) is 11.9 Å². The zero-order valence-electron chi connectivity index (χ0n) is 8.73. The Morgan fingerprint density at radius 3 is 2.79 bits per heavy atom. The number of hydrogen-bond acceptors (Lipinski definition) is 1. The Morgan fingerprint density at radius 1 is 1.50 bits per heavy atom. The molecule has 0 amide bonds. The van der Waals surface area contributed by atoms with Crippen molar-refractivity contribution in [2.45, 2.75) is 20.3 Å². The molecule has 0 aliphatic rings. The zero-order chi connectivity index (χ0) is 10.6. The van der Waals surface area contributed by atoms with Crippen LogP contribution in [0.2, 0.25) is 0 Å². The molecule has 0 atom stereocenters. The molecule has 2 heteroatoms. The van der Waals surface area contributed by atoms with Gasteiger partial charge in [0.25, 0.3) is 0 Å². The van der Waals surface area contributed by atoms with Gasteiger partial charge in [0.15, 0.2) is 0 Å². The van der Waals surface area contributed by atoms with Gasteiger partial charge in [-0.2, -0.15) is 0 Å². The van der Waals surface area contributed by atoms with Gasteiger partial charge in [-0.25, -0.2) is 0 Å². The molecule has 1 aromatic carbocycles. The lowest BCUT2D eigenvalue weighted by Crippen LogP contribution is -2.03. The Balaban J connectivity index is 2.63. The minimum absolute atomic E-state index is 0.845. The van der Waals surface area contributed by atoms with Crippen LogP contribution in [0.3, 0.4) is 0 Å². The summed E-state index contributed by atoms with van der Waals surface area (Å²) in [5.74, 6) is 0. The molecule has 0 radical (unpaired) electrons. The van der Waals surface area contributed by atoms with E-state index in [-0.39, 0.29) is 0 Å². The van der Waals surface area contributed by atoms with E-state index in [2.05, 4.69) is 59.9 Å². The van der Waals surface area contributed by atoms with Gasteiger partial charge in [0.1, 0.15) is 0 Å². The van der Waals surface area contributed by atoms with Crippen LogP contribution in [0.4, 0.5) is 5.69 Å². The van der Waals surface area contributed by atoms with Crippen LogP contribution in [0.5, 0.6) is 0 Å². The summed E-state index contributed by atoms with van der Waals surface area (Å²) in [6, 6.07) is 6.29. The van der Waals surface area contributed by atoms with E-state index in [4.69, 9.17) is 0 Å². The van der Waals surface area contributed by atoms with E-state index >= 15 is 0 Å². The molecule has 76 valence electrons. The van der Waals surface area contributed by atoms with Gasteiger partial charge in [-0.05, 0) is 47.0 Å². The molecule has 0 aromatic heterocycles. The first-order valence-electron chi connectivity index (χ1n) is 4.80. The van der Waals surface area contributed by atoms with E-state index in [1.807, 2.05) is 0 Å². The predicted molar refractivity (Wildman–Crippen MR) is 66.8 cm³/mol. The second-order valence-corrected chi connectivity index (χ2v) is 4.29. The molecular weight excluding hydrogens is 238 g/mol. The third-order valence-corrected chi connectivity index (χ3v) is 2.81. The Kier molecular flexibility index (Phi) is 4.21. The molecule has 1 N–H and O–H groups in total. The Hall–Kier alpha value is -0.760. The monoisotopic (exact) mass is 253 g/mol. The van der Waals surface area contributed by atoms with E-state index in [9.17, 15) is 0 Å². The van der Waals surface area contributed by atoms with Crippen molar-refractivity contribution in [3.05, 3.63) is 40.4 Å². The van der Waals surface area contributed by atoms with Crippen molar-refractivity contribution in [3.8, 4) is 0 Å². The van der Waals surface area contributed by atoms with Crippen molar-refractivity contribution in [1.82, 2.24) is 0 Å². The van der Waals surface area contributed by atoms with E-state index in [1.165, 1.54) is 11.1 Å². The fourth-order valence-corrected chi connectivity index (χ4v) is 1.74. The second kappa shape index (κ2) is 5.20. The lowest BCUT2D eigenvalue weighted by atomic mass is 10.2. The lowest BCUT2D eigenvalue weighted by molar-refractivity contribution is 1.05. The van der Waals surface area contributed by atoms with Gasteiger partial charge >= 0.3 is 0 Å². The number of anilines is 1. The van der Waals surface area contributed by atoms with E-state index in [1.54, 1.807) is 0 Å².